The van der Waals surface area contributed by atoms with E-state index in [4.69, 9.17) is 9.47 Å². The Morgan fingerprint density at radius 1 is 1.02 bits per heavy atom. The molecule has 0 saturated carbocycles. The van der Waals surface area contributed by atoms with Gasteiger partial charge in [-0.3, -0.25) is 0 Å². The zero-order valence-electron chi connectivity index (χ0n) is 26.2. The Bertz CT molecular complexity index is 1410. The first-order valence-corrected chi connectivity index (χ1v) is 15.8. The number of nitrogens with zero attached hydrogens (tertiary/aromatic N) is 1. The second-order valence-corrected chi connectivity index (χ2v) is 12.2. The smallest absolute Gasteiger partial charge is 0.336 e. The van der Waals surface area contributed by atoms with Crippen LogP contribution in [0, 0.1) is 11.3 Å². The molecule has 2 atom stereocenters. The van der Waals surface area contributed by atoms with Gasteiger partial charge >= 0.3 is 11.9 Å². The number of piperidine rings is 1. The molecule has 0 amide bonds. The van der Waals surface area contributed by atoms with Crippen molar-refractivity contribution in [3.8, 4) is 0 Å². The Labute approximate surface area is 260 Å². The first-order valence-electron chi connectivity index (χ1n) is 15.8. The number of carbonyl (C=O) groups excluding carboxylic acids is 2. The van der Waals surface area contributed by atoms with Crippen molar-refractivity contribution < 1.29 is 29.8 Å². The number of methoxy groups -OCH3 is 1. The highest BCUT2D eigenvalue weighted by atomic mass is 16.5. The molecule has 8 nitrogen and oxygen atoms in total. The van der Waals surface area contributed by atoms with Crippen molar-refractivity contribution in [3.63, 3.8) is 0 Å². The molecule has 234 valence electrons. The number of hydrogen-bond acceptors (Lipinski definition) is 7. The maximum absolute atomic E-state index is 13.6. The summed E-state index contributed by atoms with van der Waals surface area (Å²) < 4.78 is 10.9. The molecule has 8 heteroatoms. The Hall–Kier alpha value is -3.72. The fourth-order valence-corrected chi connectivity index (χ4v) is 7.31. The topological polar surface area (TPSA) is 105 Å². The van der Waals surface area contributed by atoms with Crippen molar-refractivity contribution >= 4 is 17.6 Å². The van der Waals surface area contributed by atoms with Crippen LogP contribution in [0.1, 0.15) is 63.9 Å². The third kappa shape index (κ3) is 6.67. The van der Waals surface area contributed by atoms with Crippen LogP contribution in [0.3, 0.4) is 0 Å². The summed E-state index contributed by atoms with van der Waals surface area (Å²) in [4.78, 5) is 29.0. The first kappa shape index (κ1) is 31.7. The number of carbonyl (C=O) groups is 2. The van der Waals surface area contributed by atoms with Crippen LogP contribution in [0.5, 0.6) is 0 Å². The van der Waals surface area contributed by atoms with Gasteiger partial charge in [0.25, 0.3) is 0 Å². The third-order valence-corrected chi connectivity index (χ3v) is 9.66. The van der Waals surface area contributed by atoms with E-state index < -0.39 is 17.9 Å². The number of hydrogen-bond donors (Lipinski definition) is 3. The largest absolute Gasteiger partial charge is 0.466 e. The molecule has 1 aromatic carbocycles. The summed E-state index contributed by atoms with van der Waals surface area (Å²) in [5.74, 6) is -1.07. The maximum Gasteiger partial charge on any atom is 0.336 e. The Balaban J connectivity index is 1.21. The second kappa shape index (κ2) is 14.4. The molecule has 4 aliphatic rings. The molecule has 1 unspecified atom stereocenters. The average molecular weight is 601 g/mol. The van der Waals surface area contributed by atoms with Gasteiger partial charge in [0, 0.05) is 35.5 Å². The minimum absolute atomic E-state index is 0.185. The molecule has 4 N–H and O–H groups in total. The van der Waals surface area contributed by atoms with Gasteiger partial charge in [-0.2, -0.15) is 5.48 Å². The van der Waals surface area contributed by atoms with Gasteiger partial charge in [-0.25, -0.2) is 14.8 Å². The monoisotopic (exact) mass is 600 g/mol. The van der Waals surface area contributed by atoms with Crippen LogP contribution in [0.2, 0.25) is 0 Å². The van der Waals surface area contributed by atoms with Gasteiger partial charge in [0.2, 0.25) is 0 Å². The second-order valence-electron chi connectivity index (χ2n) is 12.2. The quantitative estimate of drug-likeness (QED) is 0.149. The number of ether oxygens (including phenoxy) is 2. The molecule has 44 heavy (non-hydrogen) atoms. The summed E-state index contributed by atoms with van der Waals surface area (Å²) in [6.45, 7) is 6.84. The number of nitrogens with one attached hydrogen (secondary N) is 1. The summed E-state index contributed by atoms with van der Waals surface area (Å²) >= 11 is 0. The molecule has 1 saturated heterocycles. The zero-order chi connectivity index (χ0) is 31.1. The molecule has 1 fully saturated rings. The van der Waals surface area contributed by atoms with Crippen molar-refractivity contribution in [2.24, 2.45) is 11.3 Å². The number of quaternary nitrogens is 1. The van der Waals surface area contributed by atoms with Gasteiger partial charge in [0.1, 0.15) is 0 Å². The van der Waals surface area contributed by atoms with E-state index in [9.17, 15) is 14.8 Å². The molecule has 0 radical (unpaired) electrons. The van der Waals surface area contributed by atoms with Gasteiger partial charge in [0.05, 0.1) is 30.8 Å². The Morgan fingerprint density at radius 2 is 1.75 bits per heavy atom. The fourth-order valence-electron chi connectivity index (χ4n) is 7.31. The number of allylic oxidation sites excluding steroid dienone is 10. The summed E-state index contributed by atoms with van der Waals surface area (Å²) in [7, 11) is 1.34. The summed E-state index contributed by atoms with van der Waals surface area (Å²) in [6, 6.07) is 7.11. The Morgan fingerprint density at radius 3 is 2.36 bits per heavy atom. The highest BCUT2D eigenvalue weighted by molar-refractivity contribution is 5.99. The number of likely N-dealkylation sites (tertiary alicyclic amines) is 1. The Kier molecular flexibility index (Phi) is 10.4. The lowest BCUT2D eigenvalue weighted by molar-refractivity contribution is -0.825. The molecule has 0 bridgehead atoms. The molecular formula is C36H46N3O5+. The van der Waals surface area contributed by atoms with Gasteiger partial charge < -0.3 is 19.7 Å². The van der Waals surface area contributed by atoms with Gasteiger partial charge in [0.15, 0.2) is 5.69 Å². The lowest BCUT2D eigenvalue weighted by atomic mass is 9.61. The lowest BCUT2D eigenvalue weighted by Crippen LogP contribution is -2.73. The van der Waals surface area contributed by atoms with Gasteiger partial charge in [-0.05, 0) is 82.5 Å². The van der Waals surface area contributed by atoms with E-state index in [1.165, 1.54) is 12.7 Å². The van der Waals surface area contributed by atoms with Crippen LogP contribution in [0.4, 0.5) is 5.69 Å². The van der Waals surface area contributed by atoms with E-state index in [-0.39, 0.29) is 5.41 Å². The molecule has 5 rings (SSSR count). The minimum Gasteiger partial charge on any atom is -0.466 e. The van der Waals surface area contributed by atoms with Crippen molar-refractivity contribution in [2.45, 2.75) is 58.3 Å². The number of rotatable bonds is 10. The SMILES string of the molecule is COC(=O)C1=C(C)NC(C)=C(C(=O)OCCCN2CCC(C3=CCCC=C3)([C@@H]3C=CC=CC3)CC2)C1c1ccc([NH2+]O)cc1. The molecule has 0 aromatic heterocycles. The average Bonchev–Trinajstić information content (AvgIpc) is 3.07. The van der Waals surface area contributed by atoms with E-state index in [2.05, 4.69) is 52.7 Å². The normalized spacial score (nSPS) is 23.3. The van der Waals surface area contributed by atoms with Crippen molar-refractivity contribution in [1.29, 1.82) is 0 Å². The molecule has 0 spiro atoms. The van der Waals surface area contributed by atoms with Crippen LogP contribution < -0.4 is 10.8 Å². The maximum atomic E-state index is 13.6. The summed E-state index contributed by atoms with van der Waals surface area (Å²) in [5.41, 5.74) is 6.12. The van der Waals surface area contributed by atoms with Crippen LogP contribution in [-0.2, 0) is 19.1 Å². The molecule has 1 aromatic rings. The summed E-state index contributed by atoms with van der Waals surface area (Å²) in [6.07, 6.45) is 22.6. The standard InChI is InChI=1S/C36H45N3O5/c1-25-31(34(40)43-3)33(27-15-17-30(38-42)18-16-27)32(26(2)37-25)35(41)44-24-10-21-39-22-19-36(20-23-39,28-11-6-4-7-12-28)29-13-8-5-9-14-29/h4,6-8,11,13-18,28,33,37-38,42H,5,9-10,12,19-24H2,1-3H3/p+1/t28-,33?/m1/s1. The lowest BCUT2D eigenvalue weighted by Gasteiger charge is -2.48. The number of esters is 2. The molecule has 2 aliphatic carbocycles. The van der Waals surface area contributed by atoms with Crippen LogP contribution >= 0.6 is 0 Å². The number of benzene rings is 1. The van der Waals surface area contributed by atoms with Crippen molar-refractivity contribution in [2.75, 3.05) is 33.4 Å². The van der Waals surface area contributed by atoms with Crippen molar-refractivity contribution in [3.05, 3.63) is 100 Å². The predicted octanol–water partition coefficient (Wildman–Crippen LogP) is 5.10. The van der Waals surface area contributed by atoms with Crippen molar-refractivity contribution in [1.82, 2.24) is 10.2 Å². The molecular weight excluding hydrogens is 554 g/mol. The molecule has 2 heterocycles. The number of dihydropyridines is 1. The first-order chi connectivity index (χ1) is 21.4. The highest BCUT2D eigenvalue weighted by Gasteiger charge is 2.42. The van der Waals surface area contributed by atoms with Crippen LogP contribution in [0.15, 0.2) is 94.9 Å². The van der Waals surface area contributed by atoms with Gasteiger partial charge in [-0.15, -0.1) is 0 Å². The van der Waals surface area contributed by atoms with E-state index in [0.717, 1.165) is 69.2 Å². The van der Waals surface area contributed by atoms with Crippen LogP contribution in [0.25, 0.3) is 0 Å². The highest BCUT2D eigenvalue weighted by Crippen LogP contribution is 2.49. The number of nitrogens with two attached hydrogens (primary N) is 1. The van der Waals surface area contributed by atoms with Crippen LogP contribution in [-0.4, -0.2) is 55.4 Å². The van der Waals surface area contributed by atoms with Gasteiger partial charge in [-0.1, -0.05) is 54.7 Å². The molecule has 2 aliphatic heterocycles. The fraction of sp³-hybridized carbons (Fsp3) is 0.444. The zero-order valence-corrected chi connectivity index (χ0v) is 26.2. The third-order valence-electron chi connectivity index (χ3n) is 9.66. The van der Waals surface area contributed by atoms with E-state index in [1.54, 1.807) is 19.1 Å². The van der Waals surface area contributed by atoms with E-state index >= 15 is 0 Å². The predicted molar refractivity (Wildman–Crippen MR) is 170 cm³/mol. The van der Waals surface area contributed by atoms with E-state index in [1.807, 2.05) is 19.1 Å². The van der Waals surface area contributed by atoms with E-state index in [0.29, 0.717) is 40.8 Å². The minimum atomic E-state index is -0.647. The summed E-state index contributed by atoms with van der Waals surface area (Å²) in [5, 5.41) is 12.6.